The average molecular weight is 373 g/mol. The highest BCUT2D eigenvalue weighted by Gasteiger charge is 2.16. The predicted molar refractivity (Wildman–Crippen MR) is 113 cm³/mol. The first-order valence-electron chi connectivity index (χ1n) is 9.16. The third-order valence-corrected chi connectivity index (χ3v) is 4.78. The molecule has 0 amide bonds. The van der Waals surface area contributed by atoms with Gasteiger partial charge in [0.25, 0.3) is 0 Å². The van der Waals surface area contributed by atoms with Crippen LogP contribution in [0.25, 0.3) is 16.7 Å². The van der Waals surface area contributed by atoms with Crippen molar-refractivity contribution in [3.8, 4) is 0 Å². The zero-order chi connectivity index (χ0) is 19.7. The standard InChI is InChI=1S/C21H23N7/c1-14-11-19-18(27(14)13-16-7-5-4-6-8-16)12-17(24-20(22)9-10-23-3)21-26-25-15(2)28(19)21/h4-12,23H,13H2,1-3H3,(H2,22,24)/b10-9-. The molecule has 3 N–H and O–H groups in total. The van der Waals surface area contributed by atoms with E-state index in [1.807, 2.05) is 17.4 Å². The van der Waals surface area contributed by atoms with E-state index in [1.165, 1.54) is 5.56 Å². The molecule has 0 saturated heterocycles. The molecule has 0 aliphatic heterocycles. The summed E-state index contributed by atoms with van der Waals surface area (Å²) < 4.78 is 4.32. The zero-order valence-corrected chi connectivity index (χ0v) is 16.2. The van der Waals surface area contributed by atoms with E-state index in [1.54, 1.807) is 19.3 Å². The Balaban J connectivity index is 1.88. The van der Waals surface area contributed by atoms with Crippen LogP contribution in [0.2, 0.25) is 0 Å². The van der Waals surface area contributed by atoms with Crippen molar-refractivity contribution >= 4 is 28.2 Å². The van der Waals surface area contributed by atoms with Gasteiger partial charge in [-0.3, -0.25) is 9.81 Å². The van der Waals surface area contributed by atoms with Crippen molar-refractivity contribution in [1.29, 1.82) is 5.41 Å². The molecule has 4 aromatic rings. The van der Waals surface area contributed by atoms with Crippen molar-refractivity contribution in [2.24, 2.45) is 0 Å². The van der Waals surface area contributed by atoms with Gasteiger partial charge in [0, 0.05) is 19.3 Å². The first-order chi connectivity index (χ1) is 13.6. The van der Waals surface area contributed by atoms with Gasteiger partial charge in [0.1, 0.15) is 11.7 Å². The van der Waals surface area contributed by atoms with Gasteiger partial charge in [-0.15, -0.1) is 10.2 Å². The van der Waals surface area contributed by atoms with Crippen molar-refractivity contribution in [2.45, 2.75) is 20.4 Å². The normalized spacial score (nSPS) is 11.5. The summed E-state index contributed by atoms with van der Waals surface area (Å²) in [7, 11) is 1.80. The van der Waals surface area contributed by atoms with Crippen LogP contribution in [0.1, 0.15) is 17.1 Å². The van der Waals surface area contributed by atoms with Crippen LogP contribution < -0.4 is 10.6 Å². The Morgan fingerprint density at radius 3 is 2.64 bits per heavy atom. The number of pyridine rings is 1. The molecular formula is C21H23N7. The predicted octanol–water partition coefficient (Wildman–Crippen LogP) is 3.47. The number of aryl methyl sites for hydroxylation is 2. The number of anilines is 1. The second-order valence-corrected chi connectivity index (χ2v) is 6.75. The molecule has 0 bridgehead atoms. The molecule has 3 heterocycles. The quantitative estimate of drug-likeness (QED) is 0.369. The van der Waals surface area contributed by atoms with Gasteiger partial charge in [-0.2, -0.15) is 0 Å². The Morgan fingerprint density at radius 2 is 1.89 bits per heavy atom. The van der Waals surface area contributed by atoms with E-state index in [-0.39, 0.29) is 5.84 Å². The molecular weight excluding hydrogens is 350 g/mol. The van der Waals surface area contributed by atoms with Crippen LogP contribution in [0.4, 0.5) is 5.69 Å². The first kappa shape index (κ1) is 17.8. The van der Waals surface area contributed by atoms with Crippen molar-refractivity contribution < 1.29 is 0 Å². The summed E-state index contributed by atoms with van der Waals surface area (Å²) in [6.07, 6.45) is 3.38. The maximum absolute atomic E-state index is 8.16. The fourth-order valence-corrected chi connectivity index (χ4v) is 3.46. The lowest BCUT2D eigenvalue weighted by molar-refractivity contribution is 0.805. The minimum Gasteiger partial charge on any atom is -0.394 e. The second-order valence-electron chi connectivity index (χ2n) is 6.75. The molecule has 0 atom stereocenters. The monoisotopic (exact) mass is 373 g/mol. The molecule has 0 aliphatic carbocycles. The van der Waals surface area contributed by atoms with E-state index in [4.69, 9.17) is 5.41 Å². The number of nitrogens with one attached hydrogen (secondary N) is 3. The van der Waals surface area contributed by atoms with E-state index >= 15 is 0 Å². The second kappa shape index (κ2) is 7.19. The summed E-state index contributed by atoms with van der Waals surface area (Å²) in [6, 6.07) is 14.6. The molecule has 0 spiro atoms. The van der Waals surface area contributed by atoms with Crippen LogP contribution >= 0.6 is 0 Å². The SMILES string of the molecule is CN/C=C\C(=N)Nc1cc2c(cc(C)n2Cc2ccccc2)n2c(C)nnc12. The topological polar surface area (TPSA) is 83.0 Å². The Labute approximate surface area is 163 Å². The largest absolute Gasteiger partial charge is 0.394 e. The highest BCUT2D eigenvalue weighted by Crippen LogP contribution is 2.28. The molecule has 1 aromatic carbocycles. The number of hydrogen-bond donors (Lipinski definition) is 3. The highest BCUT2D eigenvalue weighted by molar-refractivity contribution is 6.05. The van der Waals surface area contributed by atoms with Gasteiger partial charge < -0.3 is 15.2 Å². The zero-order valence-electron chi connectivity index (χ0n) is 16.2. The lowest BCUT2D eigenvalue weighted by Gasteiger charge is -2.12. The fraction of sp³-hybridized carbons (Fsp3) is 0.190. The Hall–Kier alpha value is -3.61. The molecule has 0 aliphatic rings. The highest BCUT2D eigenvalue weighted by atomic mass is 15.3. The maximum Gasteiger partial charge on any atom is 0.185 e. The lowest BCUT2D eigenvalue weighted by Crippen LogP contribution is -2.10. The molecule has 142 valence electrons. The van der Waals surface area contributed by atoms with Crippen molar-refractivity contribution in [2.75, 3.05) is 12.4 Å². The van der Waals surface area contributed by atoms with Gasteiger partial charge >= 0.3 is 0 Å². The van der Waals surface area contributed by atoms with E-state index in [9.17, 15) is 0 Å². The van der Waals surface area contributed by atoms with Gasteiger partial charge in [0.2, 0.25) is 0 Å². The van der Waals surface area contributed by atoms with Gasteiger partial charge in [0.15, 0.2) is 5.65 Å². The number of nitrogens with zero attached hydrogens (tertiary/aromatic N) is 4. The molecule has 7 nitrogen and oxygen atoms in total. The minimum atomic E-state index is 0.272. The lowest BCUT2D eigenvalue weighted by atomic mass is 10.2. The summed E-state index contributed by atoms with van der Waals surface area (Å²) in [6.45, 7) is 4.83. The van der Waals surface area contributed by atoms with Crippen LogP contribution in [0.15, 0.2) is 54.7 Å². The summed E-state index contributed by atoms with van der Waals surface area (Å²) in [5.41, 5.74) is 6.01. The van der Waals surface area contributed by atoms with E-state index in [2.05, 4.69) is 68.7 Å². The molecule has 7 heteroatoms. The summed E-state index contributed by atoms with van der Waals surface area (Å²) in [5.74, 6) is 1.09. The van der Waals surface area contributed by atoms with Crippen LogP contribution in [-0.2, 0) is 6.54 Å². The number of aromatic nitrogens is 4. The summed E-state index contributed by atoms with van der Waals surface area (Å²) >= 11 is 0. The van der Waals surface area contributed by atoms with Crippen molar-refractivity contribution in [3.63, 3.8) is 0 Å². The Morgan fingerprint density at radius 1 is 1.11 bits per heavy atom. The smallest absolute Gasteiger partial charge is 0.185 e. The molecule has 0 unspecified atom stereocenters. The first-order valence-corrected chi connectivity index (χ1v) is 9.16. The van der Waals surface area contributed by atoms with E-state index in [0.29, 0.717) is 5.65 Å². The van der Waals surface area contributed by atoms with Gasteiger partial charge in [-0.25, -0.2) is 0 Å². The Kier molecular flexibility index (Phi) is 4.57. The third kappa shape index (κ3) is 3.11. The number of rotatable bonds is 5. The summed E-state index contributed by atoms with van der Waals surface area (Å²) in [5, 5.41) is 22.8. The van der Waals surface area contributed by atoms with Crippen LogP contribution in [0, 0.1) is 19.3 Å². The molecule has 0 fully saturated rings. The average Bonchev–Trinajstić information content (AvgIpc) is 3.22. The van der Waals surface area contributed by atoms with Crippen molar-refractivity contribution in [3.05, 3.63) is 71.8 Å². The summed E-state index contributed by atoms with van der Waals surface area (Å²) in [4.78, 5) is 0. The third-order valence-electron chi connectivity index (χ3n) is 4.78. The maximum atomic E-state index is 8.16. The van der Waals surface area contributed by atoms with Crippen LogP contribution in [-0.4, -0.2) is 32.0 Å². The van der Waals surface area contributed by atoms with E-state index < -0.39 is 0 Å². The van der Waals surface area contributed by atoms with E-state index in [0.717, 1.165) is 34.8 Å². The number of hydrogen-bond acceptors (Lipinski definition) is 4. The number of benzene rings is 1. The van der Waals surface area contributed by atoms with Gasteiger partial charge in [0.05, 0.1) is 16.7 Å². The molecule has 0 saturated carbocycles. The number of fused-ring (bicyclic) bond motifs is 3. The minimum absolute atomic E-state index is 0.272. The molecule has 28 heavy (non-hydrogen) atoms. The number of amidine groups is 1. The Bertz CT molecular complexity index is 1180. The van der Waals surface area contributed by atoms with Gasteiger partial charge in [-0.1, -0.05) is 30.3 Å². The van der Waals surface area contributed by atoms with Crippen LogP contribution in [0.5, 0.6) is 0 Å². The molecule has 3 aromatic heterocycles. The molecule has 0 radical (unpaired) electrons. The van der Waals surface area contributed by atoms with Crippen molar-refractivity contribution in [1.82, 2.24) is 24.5 Å². The fourth-order valence-electron chi connectivity index (χ4n) is 3.46. The molecule has 4 rings (SSSR count). The van der Waals surface area contributed by atoms with Gasteiger partial charge in [-0.05, 0) is 43.8 Å². The van der Waals surface area contributed by atoms with Crippen LogP contribution in [0.3, 0.4) is 0 Å².